The highest BCUT2D eigenvalue weighted by molar-refractivity contribution is 5.96. The fourth-order valence-electron chi connectivity index (χ4n) is 1.87. The zero-order valence-corrected chi connectivity index (χ0v) is 12.9. The lowest BCUT2D eigenvalue weighted by atomic mass is 10.2. The zero-order valence-electron chi connectivity index (χ0n) is 12.9. The van der Waals surface area contributed by atoms with E-state index >= 15 is 0 Å². The highest BCUT2D eigenvalue weighted by Gasteiger charge is 2.16. The van der Waals surface area contributed by atoms with Crippen molar-refractivity contribution in [1.29, 1.82) is 0 Å². The molecule has 1 N–H and O–H groups in total. The molecule has 0 aliphatic carbocycles. The van der Waals surface area contributed by atoms with E-state index in [1.807, 2.05) is 5.32 Å². The van der Waals surface area contributed by atoms with E-state index in [2.05, 4.69) is 4.74 Å². The van der Waals surface area contributed by atoms with Crippen LogP contribution >= 0.6 is 0 Å². The molecule has 2 rings (SSSR count). The van der Waals surface area contributed by atoms with E-state index in [0.717, 1.165) is 24.3 Å². The number of hydrogen-bond acceptors (Lipinski definition) is 7. The molecule has 2 aromatic rings. The van der Waals surface area contributed by atoms with E-state index in [1.54, 1.807) is 0 Å². The second-order valence-corrected chi connectivity index (χ2v) is 4.85. The molecule has 0 spiro atoms. The summed E-state index contributed by atoms with van der Waals surface area (Å²) >= 11 is 0. The first-order valence-corrected chi connectivity index (χ1v) is 6.93. The molecule has 11 heteroatoms. The van der Waals surface area contributed by atoms with Crippen LogP contribution in [0.3, 0.4) is 0 Å². The second kappa shape index (κ2) is 7.79. The lowest BCUT2D eigenvalue weighted by molar-refractivity contribution is -0.385. The number of benzene rings is 2. The van der Waals surface area contributed by atoms with Gasteiger partial charge in [0.25, 0.3) is 17.3 Å². The molecule has 0 saturated carbocycles. The summed E-state index contributed by atoms with van der Waals surface area (Å²) in [4.78, 5) is 43.4. The van der Waals surface area contributed by atoms with Gasteiger partial charge in [-0.3, -0.25) is 25.0 Å². The predicted molar refractivity (Wildman–Crippen MR) is 85.1 cm³/mol. The maximum Gasteiger partial charge on any atom is 0.338 e. The normalized spacial score (nSPS) is 10.0. The van der Waals surface area contributed by atoms with Crippen LogP contribution in [0.4, 0.5) is 21.5 Å². The van der Waals surface area contributed by atoms with Crippen molar-refractivity contribution < 1.29 is 28.6 Å². The maximum atomic E-state index is 13.6. The molecule has 0 unspecified atom stereocenters. The Bertz CT molecular complexity index is 901. The molecular weight excluding hydrogens is 353 g/mol. The van der Waals surface area contributed by atoms with Crippen LogP contribution in [-0.4, -0.2) is 28.3 Å². The number of nitrogens with one attached hydrogen (secondary N) is 1. The Kier molecular flexibility index (Phi) is 5.53. The largest absolute Gasteiger partial charge is 0.452 e. The van der Waals surface area contributed by atoms with Crippen LogP contribution in [0.5, 0.6) is 0 Å². The maximum absolute atomic E-state index is 13.6. The second-order valence-electron chi connectivity index (χ2n) is 4.85. The van der Waals surface area contributed by atoms with Gasteiger partial charge < -0.3 is 10.1 Å². The number of nitrogens with zero attached hydrogens (tertiary/aromatic N) is 2. The van der Waals surface area contributed by atoms with Gasteiger partial charge in [-0.05, 0) is 12.1 Å². The average Bonchev–Trinajstić information content (AvgIpc) is 2.61. The highest BCUT2D eigenvalue weighted by atomic mass is 19.1. The van der Waals surface area contributed by atoms with E-state index < -0.39 is 45.5 Å². The molecule has 1 amide bonds. The van der Waals surface area contributed by atoms with E-state index in [4.69, 9.17) is 0 Å². The minimum absolute atomic E-state index is 0.145. The van der Waals surface area contributed by atoms with Crippen molar-refractivity contribution in [3.63, 3.8) is 0 Å². The molecule has 134 valence electrons. The van der Waals surface area contributed by atoms with Gasteiger partial charge in [0.1, 0.15) is 5.82 Å². The number of rotatable bonds is 6. The smallest absolute Gasteiger partial charge is 0.338 e. The first-order chi connectivity index (χ1) is 12.3. The lowest BCUT2D eigenvalue weighted by Gasteiger charge is -2.07. The number of hydrogen-bond donors (Lipinski definition) is 1. The third-order valence-electron chi connectivity index (χ3n) is 3.06. The van der Waals surface area contributed by atoms with Crippen molar-refractivity contribution in [3.8, 4) is 0 Å². The molecular formula is C15H10FN3O7. The molecule has 0 aliphatic heterocycles. The van der Waals surface area contributed by atoms with E-state index in [9.17, 15) is 34.2 Å². The summed E-state index contributed by atoms with van der Waals surface area (Å²) in [5.74, 6) is -2.85. The minimum atomic E-state index is -0.997. The topological polar surface area (TPSA) is 142 Å². The zero-order chi connectivity index (χ0) is 19.3. The number of non-ortho nitro benzene ring substituents is 2. The first kappa shape index (κ1) is 18.4. The summed E-state index contributed by atoms with van der Waals surface area (Å²) in [5, 5.41) is 23.3. The molecule has 0 aromatic heterocycles. The molecule has 0 atom stereocenters. The van der Waals surface area contributed by atoms with Crippen LogP contribution in [0.1, 0.15) is 10.4 Å². The number of ether oxygens (including phenoxy) is 1. The van der Waals surface area contributed by atoms with Crippen LogP contribution < -0.4 is 5.32 Å². The first-order valence-electron chi connectivity index (χ1n) is 6.93. The van der Waals surface area contributed by atoms with Crippen molar-refractivity contribution in [3.05, 3.63) is 74.1 Å². The van der Waals surface area contributed by atoms with E-state index in [-0.39, 0.29) is 11.3 Å². The molecule has 26 heavy (non-hydrogen) atoms. The molecule has 0 fully saturated rings. The standard InChI is InChI=1S/C15H10FN3O7/c16-12-5-4-11(19(24)25)7-13(12)17-14(20)8-26-15(21)9-2-1-3-10(6-9)18(22)23/h1-7H,8H2,(H,17,20). The summed E-state index contributed by atoms with van der Waals surface area (Å²) in [5.41, 5.74) is -1.36. The summed E-state index contributed by atoms with van der Waals surface area (Å²) in [6.45, 7) is -0.816. The summed E-state index contributed by atoms with van der Waals surface area (Å²) < 4.78 is 18.3. The van der Waals surface area contributed by atoms with Crippen LogP contribution in [0.15, 0.2) is 42.5 Å². The number of halogens is 1. The van der Waals surface area contributed by atoms with Gasteiger partial charge in [0.15, 0.2) is 6.61 Å². The van der Waals surface area contributed by atoms with Crippen LogP contribution in [-0.2, 0) is 9.53 Å². The van der Waals surface area contributed by atoms with Gasteiger partial charge in [-0.2, -0.15) is 0 Å². The molecule has 0 aliphatic rings. The molecule has 2 aromatic carbocycles. The van der Waals surface area contributed by atoms with Gasteiger partial charge in [0, 0.05) is 24.3 Å². The SMILES string of the molecule is O=C(COC(=O)c1cccc([N+](=O)[O-])c1)Nc1cc([N+](=O)[O-])ccc1F. The Morgan fingerprint density at radius 1 is 1.04 bits per heavy atom. The van der Waals surface area contributed by atoms with Crippen LogP contribution in [0.2, 0.25) is 0 Å². The molecule has 0 bridgehead atoms. The fraction of sp³-hybridized carbons (Fsp3) is 0.0667. The Balaban J connectivity index is 2.00. The number of nitro groups is 2. The van der Waals surface area contributed by atoms with E-state index in [0.29, 0.717) is 0 Å². The van der Waals surface area contributed by atoms with Gasteiger partial charge >= 0.3 is 5.97 Å². The molecule has 0 radical (unpaired) electrons. The van der Waals surface area contributed by atoms with Crippen LogP contribution in [0.25, 0.3) is 0 Å². The Morgan fingerprint density at radius 3 is 2.35 bits per heavy atom. The third-order valence-corrected chi connectivity index (χ3v) is 3.06. The van der Waals surface area contributed by atoms with Gasteiger partial charge in [-0.15, -0.1) is 0 Å². The van der Waals surface area contributed by atoms with Crippen LogP contribution in [0, 0.1) is 26.0 Å². The monoisotopic (exact) mass is 363 g/mol. The highest BCUT2D eigenvalue weighted by Crippen LogP contribution is 2.21. The number of carbonyl (C=O) groups is 2. The van der Waals surface area contributed by atoms with Gasteiger partial charge in [-0.25, -0.2) is 9.18 Å². The molecule has 10 nitrogen and oxygen atoms in total. The van der Waals surface area contributed by atoms with Crippen molar-refractivity contribution in [1.82, 2.24) is 0 Å². The lowest BCUT2D eigenvalue weighted by Crippen LogP contribution is -2.21. The number of amides is 1. The van der Waals surface area contributed by atoms with Crippen molar-refractivity contribution in [2.75, 3.05) is 11.9 Å². The summed E-state index contributed by atoms with van der Waals surface area (Å²) in [6, 6.07) is 7.22. The average molecular weight is 363 g/mol. The van der Waals surface area contributed by atoms with Crippen molar-refractivity contribution in [2.24, 2.45) is 0 Å². The quantitative estimate of drug-likeness (QED) is 0.472. The summed E-state index contributed by atoms with van der Waals surface area (Å²) in [6.07, 6.45) is 0. The van der Waals surface area contributed by atoms with Gasteiger partial charge in [0.2, 0.25) is 0 Å². The Morgan fingerprint density at radius 2 is 1.69 bits per heavy atom. The van der Waals surface area contributed by atoms with Crippen molar-refractivity contribution in [2.45, 2.75) is 0 Å². The van der Waals surface area contributed by atoms with Gasteiger partial charge in [0.05, 0.1) is 21.1 Å². The van der Waals surface area contributed by atoms with Gasteiger partial charge in [-0.1, -0.05) is 6.07 Å². The Labute approximate surface area is 144 Å². The third kappa shape index (κ3) is 4.56. The number of anilines is 1. The fourth-order valence-corrected chi connectivity index (χ4v) is 1.87. The summed E-state index contributed by atoms with van der Waals surface area (Å²) in [7, 11) is 0. The number of carbonyl (C=O) groups excluding carboxylic acids is 2. The Hall–Kier alpha value is -3.89. The molecule has 0 saturated heterocycles. The molecule has 0 heterocycles. The van der Waals surface area contributed by atoms with E-state index in [1.165, 1.54) is 18.2 Å². The number of esters is 1. The van der Waals surface area contributed by atoms with Crippen molar-refractivity contribution >= 4 is 28.9 Å². The number of nitro benzene ring substituents is 2. The predicted octanol–water partition coefficient (Wildman–Crippen LogP) is 2.44. The minimum Gasteiger partial charge on any atom is -0.452 e.